The third kappa shape index (κ3) is 4.01. The van der Waals surface area contributed by atoms with Gasteiger partial charge in [-0.2, -0.15) is 0 Å². The minimum Gasteiger partial charge on any atom is -0.487 e. The fourth-order valence-corrected chi connectivity index (χ4v) is 1.49. The van der Waals surface area contributed by atoms with E-state index in [1.165, 1.54) is 0 Å². The van der Waals surface area contributed by atoms with Gasteiger partial charge in [0.05, 0.1) is 6.61 Å². The summed E-state index contributed by atoms with van der Waals surface area (Å²) in [5.74, 6) is 0. The van der Waals surface area contributed by atoms with Crippen LogP contribution in [0.2, 0.25) is 0 Å². The molecule has 4 heteroatoms. The zero-order valence-corrected chi connectivity index (χ0v) is 8.37. The van der Waals surface area contributed by atoms with Crippen LogP contribution < -0.4 is 0 Å². The Morgan fingerprint density at radius 2 is 2.33 bits per heavy atom. The lowest BCUT2D eigenvalue weighted by atomic mass is 10.5. The third-order valence-corrected chi connectivity index (χ3v) is 3.53. The first-order valence-corrected chi connectivity index (χ1v) is 5.80. The van der Waals surface area contributed by atoms with Gasteiger partial charge in [0.15, 0.2) is 5.05 Å². The van der Waals surface area contributed by atoms with Crippen LogP contribution >= 0.6 is 19.6 Å². The summed E-state index contributed by atoms with van der Waals surface area (Å²) in [7, 11) is 0.0133. The second-order valence-corrected chi connectivity index (χ2v) is 4.17. The summed E-state index contributed by atoms with van der Waals surface area (Å²) in [6.07, 6.45) is 0. The zero-order chi connectivity index (χ0) is 7.28. The molecule has 0 aliphatic heterocycles. The van der Waals surface area contributed by atoms with E-state index < -0.39 is 0 Å². The van der Waals surface area contributed by atoms with Crippen LogP contribution in [-0.2, 0) is 16.5 Å². The summed E-state index contributed by atoms with van der Waals surface area (Å²) in [5, 5.41) is 0.683. The van der Waals surface area contributed by atoms with Crippen molar-refractivity contribution in [2.24, 2.45) is 0 Å². The molecule has 0 saturated carbocycles. The Hall–Kier alpha value is 0.540. The monoisotopic (exact) mass is 182 g/mol. The Labute approximate surface area is 67.6 Å². The highest BCUT2D eigenvalue weighted by molar-refractivity contribution is 7.97. The first kappa shape index (κ1) is 9.54. The van der Waals surface area contributed by atoms with Crippen LogP contribution in [0.25, 0.3) is 0 Å². The molecule has 1 nitrogen and oxygen atoms in total. The minimum absolute atomic E-state index is 0.0133. The van der Waals surface area contributed by atoms with E-state index in [0.29, 0.717) is 17.3 Å². The van der Waals surface area contributed by atoms with E-state index in [4.69, 9.17) is 28.8 Å². The predicted octanol–water partition coefficient (Wildman–Crippen LogP) is 1.61. The largest absolute Gasteiger partial charge is 0.487 e. The van der Waals surface area contributed by atoms with Crippen molar-refractivity contribution in [3.05, 3.63) is 0 Å². The number of ether oxygens (including phenoxy) is 1. The molecule has 9 heavy (non-hydrogen) atoms. The minimum atomic E-state index is 0.0133. The second kappa shape index (κ2) is 5.33. The summed E-state index contributed by atoms with van der Waals surface area (Å²) in [6.45, 7) is 4.61. The van der Waals surface area contributed by atoms with Gasteiger partial charge < -0.3 is 4.74 Å². The van der Waals surface area contributed by atoms with E-state index in [-0.39, 0.29) is 7.36 Å². The van der Waals surface area contributed by atoms with Crippen LogP contribution in [0.1, 0.15) is 13.8 Å². The van der Waals surface area contributed by atoms with Gasteiger partial charge in [0.2, 0.25) is 0 Å². The topological polar surface area (TPSA) is 9.23 Å². The fraction of sp³-hybridized carbons (Fsp3) is 0.800. The highest BCUT2D eigenvalue weighted by Gasteiger charge is 2.02. The average Bonchev–Trinajstić information content (AvgIpc) is 1.87. The molecule has 0 aromatic rings. The molecule has 0 aliphatic carbocycles. The molecule has 54 valence electrons. The maximum Gasteiger partial charge on any atom is 0.167 e. The molecule has 0 fully saturated rings. The molecular formula is C5H11OPS2. The van der Waals surface area contributed by atoms with E-state index in [0.717, 1.165) is 0 Å². The van der Waals surface area contributed by atoms with E-state index in [1.54, 1.807) is 0 Å². The van der Waals surface area contributed by atoms with Crippen molar-refractivity contribution >= 4 is 36.4 Å². The van der Waals surface area contributed by atoms with Crippen molar-refractivity contribution in [2.45, 2.75) is 19.5 Å². The van der Waals surface area contributed by atoms with E-state index in [2.05, 4.69) is 0 Å². The molecule has 0 N–H and O–H groups in total. The summed E-state index contributed by atoms with van der Waals surface area (Å²) in [6, 6.07) is 0. The van der Waals surface area contributed by atoms with Gasteiger partial charge in [0.25, 0.3) is 0 Å². The normalized spacial score (nSPS) is 14.0. The van der Waals surface area contributed by atoms with Crippen molar-refractivity contribution in [1.82, 2.24) is 0 Å². The van der Waals surface area contributed by atoms with Crippen molar-refractivity contribution < 1.29 is 4.74 Å². The molecule has 0 radical (unpaired) electrons. The van der Waals surface area contributed by atoms with Gasteiger partial charge in [-0.25, -0.2) is 0 Å². The first-order chi connectivity index (χ1) is 4.22. The molecular weight excluding hydrogens is 171 g/mol. The number of thiocarbonyl (C=S) groups is 1. The van der Waals surface area contributed by atoms with Crippen LogP contribution in [0.5, 0.6) is 0 Å². The van der Waals surface area contributed by atoms with Crippen LogP contribution in [0.4, 0.5) is 0 Å². The lowest BCUT2D eigenvalue weighted by molar-refractivity contribution is 0.329. The summed E-state index contributed by atoms with van der Waals surface area (Å²) in [4.78, 5) is 0. The SMILES string of the molecule is CCOC(=S)C(C)[PH2]=S. The Morgan fingerprint density at radius 1 is 1.78 bits per heavy atom. The van der Waals surface area contributed by atoms with Crippen molar-refractivity contribution in [1.29, 1.82) is 0 Å². The highest BCUT2D eigenvalue weighted by Crippen LogP contribution is 2.08. The van der Waals surface area contributed by atoms with Gasteiger partial charge in [0, 0.05) is 5.66 Å². The zero-order valence-electron chi connectivity index (χ0n) is 5.59. The summed E-state index contributed by atoms with van der Waals surface area (Å²) < 4.78 is 5.08. The summed E-state index contributed by atoms with van der Waals surface area (Å²) in [5.41, 5.74) is 0.329. The van der Waals surface area contributed by atoms with Gasteiger partial charge in [-0.3, -0.25) is 0 Å². The quantitative estimate of drug-likeness (QED) is 0.485. The van der Waals surface area contributed by atoms with Crippen molar-refractivity contribution in [3.63, 3.8) is 0 Å². The van der Waals surface area contributed by atoms with Gasteiger partial charge in [-0.15, -0.1) is 11.8 Å². The van der Waals surface area contributed by atoms with Crippen molar-refractivity contribution in [2.75, 3.05) is 6.61 Å². The predicted molar refractivity (Wildman–Crippen MR) is 50.8 cm³/mol. The molecule has 0 spiro atoms. The molecule has 0 saturated heterocycles. The van der Waals surface area contributed by atoms with Gasteiger partial charge in [0.1, 0.15) is 0 Å². The summed E-state index contributed by atoms with van der Waals surface area (Å²) >= 11 is 9.79. The Balaban J connectivity index is 3.58. The van der Waals surface area contributed by atoms with E-state index in [9.17, 15) is 0 Å². The first-order valence-electron chi connectivity index (χ1n) is 2.84. The van der Waals surface area contributed by atoms with Gasteiger partial charge >= 0.3 is 0 Å². The maximum atomic E-state index is 5.08. The van der Waals surface area contributed by atoms with Crippen LogP contribution in [0, 0.1) is 0 Å². The highest BCUT2D eigenvalue weighted by atomic mass is 32.4. The Morgan fingerprint density at radius 3 is 2.67 bits per heavy atom. The van der Waals surface area contributed by atoms with E-state index >= 15 is 0 Å². The standard InChI is InChI=1S/C5H11OPS2/c1-3-6-5(8)4(2)7-9/h4H,3,7H2,1-2H3. The number of rotatable bonds is 3. The average molecular weight is 182 g/mol. The maximum absolute atomic E-state index is 5.08. The number of hydrogen-bond donors (Lipinski definition) is 0. The van der Waals surface area contributed by atoms with Gasteiger partial charge in [-0.05, 0) is 19.1 Å². The van der Waals surface area contributed by atoms with Crippen LogP contribution in [0.15, 0.2) is 0 Å². The molecule has 0 amide bonds. The van der Waals surface area contributed by atoms with E-state index in [1.807, 2.05) is 13.8 Å². The lowest BCUT2D eigenvalue weighted by Gasteiger charge is -2.06. The second-order valence-electron chi connectivity index (χ2n) is 1.68. The molecule has 0 aromatic heterocycles. The third-order valence-electron chi connectivity index (χ3n) is 0.863. The molecule has 0 aliphatic rings. The fourth-order valence-electron chi connectivity index (χ4n) is 0.329. The Bertz CT molecular complexity index is 116. The Kier molecular flexibility index (Phi) is 5.65. The number of hydrogen-bond acceptors (Lipinski definition) is 3. The molecule has 0 heterocycles. The van der Waals surface area contributed by atoms with Crippen LogP contribution in [0.3, 0.4) is 0 Å². The lowest BCUT2D eigenvalue weighted by Crippen LogP contribution is -2.11. The molecule has 2 unspecified atom stereocenters. The smallest absolute Gasteiger partial charge is 0.167 e. The molecule has 0 aromatic carbocycles. The molecule has 2 atom stereocenters. The van der Waals surface area contributed by atoms with Crippen LogP contribution in [-0.4, -0.2) is 17.3 Å². The molecule has 0 bridgehead atoms. The molecule has 0 rings (SSSR count). The van der Waals surface area contributed by atoms with Crippen molar-refractivity contribution in [3.8, 4) is 0 Å². The van der Waals surface area contributed by atoms with Gasteiger partial charge in [-0.1, -0.05) is 14.3 Å².